The molecule has 0 aliphatic carbocycles. The molecular weight excluding hydrogens is 213 g/mol. The monoisotopic (exact) mass is 224 g/mol. The molecule has 0 heterocycles. The van der Waals surface area contributed by atoms with Gasteiger partial charge in [0.15, 0.2) is 0 Å². The van der Waals surface area contributed by atoms with E-state index >= 15 is 0 Å². The third kappa shape index (κ3) is 3.88. The minimum absolute atomic E-state index is 0. The topological polar surface area (TPSA) is 55.4 Å². The predicted octanol–water partition coefficient (Wildman–Crippen LogP) is 0.561. The molecule has 0 aromatic heterocycles. The zero-order valence-corrected chi connectivity index (χ0v) is 11.3. The normalized spacial score (nSPS) is 9.36. The average Bonchev–Trinajstić information content (AvgIpc) is 2.03. The van der Waals surface area contributed by atoms with Crippen LogP contribution in [0.4, 0.5) is 5.69 Å². The van der Waals surface area contributed by atoms with E-state index in [2.05, 4.69) is 4.72 Å². The summed E-state index contributed by atoms with van der Waals surface area (Å²) < 4.78 is 28.1. The molecule has 73 valence electrons. The zero-order valence-electron chi connectivity index (χ0n) is 8.40. The maximum atomic E-state index is 10.4. The number of aryl methyl sites for hydroxylation is 1. The summed E-state index contributed by atoms with van der Waals surface area (Å²) in [5.41, 5.74) is 1.44. The van der Waals surface area contributed by atoms with E-state index in [1.54, 1.807) is 12.1 Å². The predicted molar refractivity (Wildman–Crippen MR) is 57.4 cm³/mol. The number of rotatable bonds is 3. The molecule has 0 aliphatic heterocycles. The van der Waals surface area contributed by atoms with Crippen molar-refractivity contribution in [1.82, 2.24) is 0 Å². The van der Waals surface area contributed by atoms with Gasteiger partial charge < -0.3 is 4.74 Å². The van der Waals surface area contributed by atoms with Gasteiger partial charge in [-0.15, -0.1) is 0 Å². The molecule has 1 radical (unpaired) electrons. The number of methoxy groups -OCH3 is 1. The van der Waals surface area contributed by atoms with Crippen LogP contribution in [-0.2, 0) is 10.9 Å². The van der Waals surface area contributed by atoms with E-state index in [0.717, 1.165) is 5.56 Å². The van der Waals surface area contributed by atoms with E-state index in [4.69, 9.17) is 4.74 Å². The van der Waals surface area contributed by atoms with Crippen LogP contribution in [0.5, 0.6) is 5.75 Å². The summed E-state index contributed by atoms with van der Waals surface area (Å²) in [4.78, 5) is 0. The number of anilines is 1. The molecule has 0 spiro atoms. The van der Waals surface area contributed by atoms with Gasteiger partial charge in [-0.05, 0) is 24.6 Å². The minimum Gasteiger partial charge on any atom is -0.495 e. The van der Waals surface area contributed by atoms with Crippen molar-refractivity contribution in [3.63, 3.8) is 0 Å². The second-order valence-electron chi connectivity index (χ2n) is 2.57. The number of nitrogens with one attached hydrogen (secondary N) is 1. The first-order chi connectivity index (χ1) is 6.13. The SMILES string of the molecule is COc1ccc(C)cc1N[SH](=O)=O.[Na]. The van der Waals surface area contributed by atoms with E-state index in [1.165, 1.54) is 7.11 Å². The molecule has 0 bridgehead atoms. The van der Waals surface area contributed by atoms with Crippen molar-refractivity contribution in [3.8, 4) is 5.75 Å². The van der Waals surface area contributed by atoms with Crippen molar-refractivity contribution in [2.75, 3.05) is 11.8 Å². The Labute approximate surface area is 107 Å². The van der Waals surface area contributed by atoms with Gasteiger partial charge in [-0.25, -0.2) is 8.42 Å². The van der Waals surface area contributed by atoms with Gasteiger partial charge >= 0.3 is 0 Å². The fraction of sp³-hybridized carbons (Fsp3) is 0.250. The summed E-state index contributed by atoms with van der Waals surface area (Å²) in [7, 11) is -1.15. The molecule has 6 heteroatoms. The maximum Gasteiger partial charge on any atom is 0.222 e. The summed E-state index contributed by atoms with van der Waals surface area (Å²) in [6.07, 6.45) is 0. The van der Waals surface area contributed by atoms with Gasteiger partial charge in [-0.1, -0.05) is 6.07 Å². The summed E-state index contributed by atoms with van der Waals surface area (Å²) in [6.45, 7) is 1.88. The van der Waals surface area contributed by atoms with Gasteiger partial charge in [0, 0.05) is 29.6 Å². The van der Waals surface area contributed by atoms with E-state index in [9.17, 15) is 8.42 Å². The zero-order chi connectivity index (χ0) is 9.84. The molecule has 14 heavy (non-hydrogen) atoms. The molecule has 1 N–H and O–H groups in total. The number of thiol groups is 1. The molecular formula is C8H11NNaO3S. The number of hydrogen-bond donors (Lipinski definition) is 2. The minimum atomic E-state index is -2.64. The van der Waals surface area contributed by atoms with Gasteiger partial charge in [0.2, 0.25) is 10.9 Å². The Morgan fingerprint density at radius 2 is 2.00 bits per heavy atom. The first-order valence-electron chi connectivity index (χ1n) is 3.69. The number of benzene rings is 1. The van der Waals surface area contributed by atoms with Crippen LogP contribution >= 0.6 is 0 Å². The Morgan fingerprint density at radius 3 is 2.50 bits per heavy atom. The molecule has 1 aromatic rings. The first-order valence-corrected chi connectivity index (χ1v) is 4.87. The van der Waals surface area contributed by atoms with Crippen molar-refractivity contribution in [2.45, 2.75) is 6.92 Å². The summed E-state index contributed by atoms with van der Waals surface area (Å²) in [5, 5.41) is 0. The molecule has 0 saturated heterocycles. The van der Waals surface area contributed by atoms with Crippen LogP contribution in [0.25, 0.3) is 0 Å². The van der Waals surface area contributed by atoms with E-state index in [0.29, 0.717) is 11.4 Å². The standard InChI is InChI=1S/C8H11NO3S.Na/c1-6-3-4-8(12-2)7(5-6)9-13(10)11;/h3-5,13H,1-2H3,(H,9,10,11);. The molecule has 1 aromatic carbocycles. The van der Waals surface area contributed by atoms with E-state index in [1.807, 2.05) is 13.0 Å². The van der Waals surface area contributed by atoms with Crippen molar-refractivity contribution >= 4 is 46.1 Å². The Balaban J connectivity index is 0.00000169. The van der Waals surface area contributed by atoms with Crippen LogP contribution < -0.4 is 9.46 Å². The molecule has 0 aliphatic rings. The molecule has 0 saturated carbocycles. The Bertz CT molecular complexity index is 371. The molecule has 0 amide bonds. The van der Waals surface area contributed by atoms with E-state index < -0.39 is 10.9 Å². The van der Waals surface area contributed by atoms with Crippen LogP contribution in [-0.4, -0.2) is 45.1 Å². The quantitative estimate of drug-likeness (QED) is 0.582. The van der Waals surface area contributed by atoms with Gasteiger partial charge in [0.1, 0.15) is 5.75 Å². The van der Waals surface area contributed by atoms with Crippen LogP contribution in [0.3, 0.4) is 0 Å². The number of hydrogen-bond acceptors (Lipinski definition) is 3. The average molecular weight is 224 g/mol. The third-order valence-electron chi connectivity index (χ3n) is 1.57. The molecule has 0 fully saturated rings. The van der Waals surface area contributed by atoms with Crippen LogP contribution in [0, 0.1) is 6.92 Å². The summed E-state index contributed by atoms with van der Waals surface area (Å²) in [6, 6.07) is 5.28. The van der Waals surface area contributed by atoms with Crippen LogP contribution in [0.2, 0.25) is 0 Å². The maximum absolute atomic E-state index is 10.4. The van der Waals surface area contributed by atoms with Crippen LogP contribution in [0.15, 0.2) is 18.2 Å². The first kappa shape index (κ1) is 13.8. The van der Waals surface area contributed by atoms with Gasteiger partial charge in [-0.2, -0.15) is 0 Å². The number of ether oxygens (including phenoxy) is 1. The molecule has 0 atom stereocenters. The summed E-state index contributed by atoms with van der Waals surface area (Å²) in [5.74, 6) is 0.518. The third-order valence-corrected chi connectivity index (χ3v) is 1.99. The van der Waals surface area contributed by atoms with Crippen molar-refractivity contribution < 1.29 is 13.2 Å². The Kier molecular flexibility index (Phi) is 6.19. The molecule has 4 nitrogen and oxygen atoms in total. The largest absolute Gasteiger partial charge is 0.495 e. The Hall–Kier alpha value is -0.230. The van der Waals surface area contributed by atoms with Crippen molar-refractivity contribution in [3.05, 3.63) is 23.8 Å². The van der Waals surface area contributed by atoms with Gasteiger partial charge in [-0.3, -0.25) is 4.72 Å². The second-order valence-corrected chi connectivity index (χ2v) is 3.31. The smallest absolute Gasteiger partial charge is 0.222 e. The van der Waals surface area contributed by atoms with Gasteiger partial charge in [0.25, 0.3) is 0 Å². The second kappa shape index (κ2) is 6.29. The van der Waals surface area contributed by atoms with Crippen molar-refractivity contribution in [1.29, 1.82) is 0 Å². The van der Waals surface area contributed by atoms with Crippen LogP contribution in [0.1, 0.15) is 5.56 Å². The molecule has 0 unspecified atom stereocenters. The molecule has 1 rings (SSSR count). The summed E-state index contributed by atoms with van der Waals surface area (Å²) >= 11 is 0. The fourth-order valence-electron chi connectivity index (χ4n) is 1.01. The van der Waals surface area contributed by atoms with Gasteiger partial charge in [0.05, 0.1) is 12.8 Å². The Morgan fingerprint density at radius 1 is 1.36 bits per heavy atom. The van der Waals surface area contributed by atoms with Crippen molar-refractivity contribution in [2.24, 2.45) is 0 Å². The van der Waals surface area contributed by atoms with E-state index in [-0.39, 0.29) is 29.6 Å². The fourth-order valence-corrected chi connectivity index (χ4v) is 1.38.